The SMILES string of the molecule is CCNC(CCN(CC)CCOCC)C(=O)OC. The molecule has 1 atom stereocenters. The monoisotopic (exact) mass is 260 g/mol. The molecule has 0 aromatic carbocycles. The van der Waals surface area contributed by atoms with E-state index < -0.39 is 0 Å². The molecule has 0 radical (unpaired) electrons. The Morgan fingerprint density at radius 2 is 2.00 bits per heavy atom. The van der Waals surface area contributed by atoms with Crippen LogP contribution in [0.2, 0.25) is 0 Å². The summed E-state index contributed by atoms with van der Waals surface area (Å²) in [5, 5.41) is 3.15. The van der Waals surface area contributed by atoms with E-state index in [-0.39, 0.29) is 12.0 Å². The quantitative estimate of drug-likeness (QED) is 0.441. The van der Waals surface area contributed by atoms with Crippen LogP contribution in [0.4, 0.5) is 0 Å². The number of methoxy groups -OCH3 is 1. The van der Waals surface area contributed by atoms with Crippen molar-refractivity contribution in [2.24, 2.45) is 0 Å². The van der Waals surface area contributed by atoms with Gasteiger partial charge in [0.05, 0.1) is 13.7 Å². The molecule has 0 aromatic rings. The topological polar surface area (TPSA) is 50.8 Å². The summed E-state index contributed by atoms with van der Waals surface area (Å²) in [4.78, 5) is 13.8. The van der Waals surface area contributed by atoms with Crippen LogP contribution in [0.15, 0.2) is 0 Å². The minimum absolute atomic E-state index is 0.183. The van der Waals surface area contributed by atoms with Gasteiger partial charge in [-0.2, -0.15) is 0 Å². The lowest BCUT2D eigenvalue weighted by Crippen LogP contribution is -2.41. The van der Waals surface area contributed by atoms with Gasteiger partial charge in [0.25, 0.3) is 0 Å². The van der Waals surface area contributed by atoms with Gasteiger partial charge < -0.3 is 19.7 Å². The zero-order valence-electron chi connectivity index (χ0n) is 12.2. The molecule has 0 spiro atoms. The van der Waals surface area contributed by atoms with E-state index in [0.29, 0.717) is 0 Å². The molecule has 5 nitrogen and oxygen atoms in total. The minimum atomic E-state index is -0.207. The van der Waals surface area contributed by atoms with Crippen molar-refractivity contribution in [2.75, 3.05) is 46.5 Å². The molecule has 0 rings (SSSR count). The van der Waals surface area contributed by atoms with E-state index in [1.54, 1.807) is 0 Å². The first-order valence-electron chi connectivity index (χ1n) is 6.80. The Labute approximate surface area is 111 Å². The number of carbonyl (C=O) groups is 1. The van der Waals surface area contributed by atoms with Crippen molar-refractivity contribution in [1.82, 2.24) is 10.2 Å². The van der Waals surface area contributed by atoms with Crippen molar-refractivity contribution in [3.63, 3.8) is 0 Å². The third-order valence-electron chi connectivity index (χ3n) is 2.87. The number of nitrogens with one attached hydrogen (secondary N) is 1. The summed E-state index contributed by atoms with van der Waals surface area (Å²) >= 11 is 0. The molecule has 0 aromatic heterocycles. The lowest BCUT2D eigenvalue weighted by molar-refractivity contribution is -0.143. The third kappa shape index (κ3) is 7.63. The number of hydrogen-bond acceptors (Lipinski definition) is 5. The smallest absolute Gasteiger partial charge is 0.322 e. The molecule has 0 aliphatic heterocycles. The van der Waals surface area contributed by atoms with Crippen LogP contribution in [-0.2, 0) is 14.3 Å². The van der Waals surface area contributed by atoms with E-state index in [2.05, 4.69) is 17.1 Å². The Kier molecular flexibility index (Phi) is 11.0. The number of ether oxygens (including phenoxy) is 2. The number of esters is 1. The Balaban J connectivity index is 4.00. The summed E-state index contributed by atoms with van der Waals surface area (Å²) in [5.74, 6) is -0.183. The van der Waals surface area contributed by atoms with E-state index in [1.165, 1.54) is 7.11 Å². The third-order valence-corrected chi connectivity index (χ3v) is 2.87. The summed E-state index contributed by atoms with van der Waals surface area (Å²) in [6.45, 7) is 11.1. The zero-order chi connectivity index (χ0) is 13.8. The Morgan fingerprint density at radius 1 is 1.28 bits per heavy atom. The maximum atomic E-state index is 11.5. The lowest BCUT2D eigenvalue weighted by Gasteiger charge is -2.23. The van der Waals surface area contributed by atoms with Crippen molar-refractivity contribution in [3.8, 4) is 0 Å². The van der Waals surface area contributed by atoms with E-state index >= 15 is 0 Å². The van der Waals surface area contributed by atoms with Crippen LogP contribution in [0.25, 0.3) is 0 Å². The number of rotatable bonds is 11. The molecule has 0 bridgehead atoms. The van der Waals surface area contributed by atoms with Gasteiger partial charge in [-0.25, -0.2) is 0 Å². The van der Waals surface area contributed by atoms with Crippen LogP contribution in [0.1, 0.15) is 27.2 Å². The fourth-order valence-electron chi connectivity index (χ4n) is 1.77. The maximum Gasteiger partial charge on any atom is 0.322 e. The first kappa shape index (κ1) is 17.4. The van der Waals surface area contributed by atoms with Crippen molar-refractivity contribution in [3.05, 3.63) is 0 Å². The van der Waals surface area contributed by atoms with Crippen LogP contribution >= 0.6 is 0 Å². The molecule has 18 heavy (non-hydrogen) atoms. The first-order chi connectivity index (χ1) is 8.69. The zero-order valence-corrected chi connectivity index (χ0v) is 12.2. The molecule has 0 saturated heterocycles. The van der Waals surface area contributed by atoms with Gasteiger partial charge in [-0.05, 0) is 26.4 Å². The Hall–Kier alpha value is -0.650. The van der Waals surface area contributed by atoms with Crippen LogP contribution in [0, 0.1) is 0 Å². The van der Waals surface area contributed by atoms with Gasteiger partial charge in [0, 0.05) is 19.7 Å². The normalized spacial score (nSPS) is 12.7. The Morgan fingerprint density at radius 3 is 2.50 bits per heavy atom. The molecule has 0 saturated carbocycles. The second kappa shape index (κ2) is 11.4. The molecule has 0 aliphatic rings. The second-order valence-corrected chi connectivity index (χ2v) is 4.05. The molecule has 5 heteroatoms. The summed E-state index contributed by atoms with van der Waals surface area (Å²) in [7, 11) is 1.43. The second-order valence-electron chi connectivity index (χ2n) is 4.05. The van der Waals surface area contributed by atoms with E-state index in [1.807, 2.05) is 13.8 Å². The average molecular weight is 260 g/mol. The molecule has 0 amide bonds. The van der Waals surface area contributed by atoms with E-state index in [9.17, 15) is 4.79 Å². The van der Waals surface area contributed by atoms with Gasteiger partial charge in [0.2, 0.25) is 0 Å². The molecule has 1 unspecified atom stereocenters. The van der Waals surface area contributed by atoms with Crippen molar-refractivity contribution >= 4 is 5.97 Å². The number of nitrogens with zero attached hydrogens (tertiary/aromatic N) is 1. The highest BCUT2D eigenvalue weighted by molar-refractivity contribution is 5.75. The van der Waals surface area contributed by atoms with Gasteiger partial charge in [0.15, 0.2) is 0 Å². The molecule has 0 heterocycles. The van der Waals surface area contributed by atoms with Crippen LogP contribution in [0.3, 0.4) is 0 Å². The first-order valence-corrected chi connectivity index (χ1v) is 6.80. The summed E-state index contributed by atoms with van der Waals surface area (Å²) < 4.78 is 10.1. The van der Waals surface area contributed by atoms with Gasteiger partial charge in [-0.15, -0.1) is 0 Å². The standard InChI is InChI=1S/C13H28N2O3/c1-5-14-12(13(16)17-4)8-9-15(6-2)10-11-18-7-3/h12,14H,5-11H2,1-4H3. The minimum Gasteiger partial charge on any atom is -0.468 e. The van der Waals surface area contributed by atoms with Crippen LogP contribution < -0.4 is 5.32 Å². The highest BCUT2D eigenvalue weighted by Crippen LogP contribution is 1.99. The summed E-state index contributed by atoms with van der Waals surface area (Å²) in [6.07, 6.45) is 0.764. The molecular formula is C13H28N2O3. The highest BCUT2D eigenvalue weighted by atomic mass is 16.5. The number of carbonyl (C=O) groups excluding carboxylic acids is 1. The predicted octanol–water partition coefficient (Wildman–Crippen LogP) is 0.886. The van der Waals surface area contributed by atoms with Gasteiger partial charge in [-0.1, -0.05) is 13.8 Å². The summed E-state index contributed by atoms with van der Waals surface area (Å²) in [6, 6.07) is -0.207. The van der Waals surface area contributed by atoms with E-state index in [4.69, 9.17) is 9.47 Å². The summed E-state index contributed by atoms with van der Waals surface area (Å²) in [5.41, 5.74) is 0. The van der Waals surface area contributed by atoms with E-state index in [0.717, 1.165) is 45.8 Å². The molecule has 0 aliphatic carbocycles. The average Bonchev–Trinajstić information content (AvgIpc) is 2.40. The van der Waals surface area contributed by atoms with Crippen LogP contribution in [-0.4, -0.2) is 63.4 Å². The number of likely N-dealkylation sites (N-methyl/N-ethyl adjacent to an activating group) is 2. The van der Waals surface area contributed by atoms with Crippen LogP contribution in [0.5, 0.6) is 0 Å². The highest BCUT2D eigenvalue weighted by Gasteiger charge is 2.18. The van der Waals surface area contributed by atoms with Crippen molar-refractivity contribution in [2.45, 2.75) is 33.2 Å². The largest absolute Gasteiger partial charge is 0.468 e. The molecule has 1 N–H and O–H groups in total. The number of hydrogen-bond donors (Lipinski definition) is 1. The predicted molar refractivity (Wildman–Crippen MR) is 72.7 cm³/mol. The fraction of sp³-hybridized carbons (Fsp3) is 0.923. The Bertz CT molecular complexity index is 212. The fourth-order valence-corrected chi connectivity index (χ4v) is 1.77. The van der Waals surface area contributed by atoms with Gasteiger partial charge in [-0.3, -0.25) is 4.79 Å². The van der Waals surface area contributed by atoms with Crippen molar-refractivity contribution in [1.29, 1.82) is 0 Å². The molecule has 108 valence electrons. The van der Waals surface area contributed by atoms with Gasteiger partial charge in [0.1, 0.15) is 6.04 Å². The molecular weight excluding hydrogens is 232 g/mol. The van der Waals surface area contributed by atoms with Crippen molar-refractivity contribution < 1.29 is 14.3 Å². The van der Waals surface area contributed by atoms with Gasteiger partial charge >= 0.3 is 5.97 Å². The lowest BCUT2D eigenvalue weighted by atomic mass is 10.2. The maximum absolute atomic E-state index is 11.5. The molecule has 0 fully saturated rings.